The van der Waals surface area contributed by atoms with E-state index in [0.29, 0.717) is 13.0 Å². The Kier molecular flexibility index (Phi) is 4.83. The van der Waals surface area contributed by atoms with Crippen LogP contribution in [0.3, 0.4) is 0 Å². The number of H-pyrrole nitrogens is 1. The Morgan fingerprint density at radius 2 is 1.88 bits per heavy atom. The van der Waals surface area contributed by atoms with Crippen LogP contribution < -0.4 is 4.90 Å². The highest BCUT2D eigenvalue weighted by molar-refractivity contribution is 5.85. The van der Waals surface area contributed by atoms with Gasteiger partial charge >= 0.3 is 0 Å². The number of piperidine rings is 1. The molecule has 2 aliphatic heterocycles. The molecule has 2 saturated heterocycles. The lowest BCUT2D eigenvalue weighted by molar-refractivity contribution is -0.130. The highest BCUT2D eigenvalue weighted by atomic mass is 16.3. The average Bonchev–Trinajstić information content (AvgIpc) is 3.55. The van der Waals surface area contributed by atoms with Gasteiger partial charge in [-0.05, 0) is 37.5 Å². The van der Waals surface area contributed by atoms with Gasteiger partial charge in [0.25, 0.3) is 0 Å². The van der Waals surface area contributed by atoms with Crippen LogP contribution in [0.15, 0.2) is 42.7 Å². The molecule has 5 heterocycles. The highest BCUT2D eigenvalue weighted by Gasteiger charge is 2.37. The maximum absolute atomic E-state index is 12.3. The molecule has 0 spiro atoms. The number of amides is 1. The van der Waals surface area contributed by atoms with Gasteiger partial charge in [0.2, 0.25) is 5.91 Å². The number of likely N-dealkylation sites (tertiary alicyclic amines) is 1. The zero-order valence-electron chi connectivity index (χ0n) is 18.7. The van der Waals surface area contributed by atoms with Crippen LogP contribution in [0.5, 0.6) is 0 Å². The maximum Gasteiger partial charge on any atom is 0.220 e. The predicted molar refractivity (Wildman–Crippen MR) is 127 cm³/mol. The van der Waals surface area contributed by atoms with Crippen molar-refractivity contribution < 1.29 is 9.90 Å². The number of benzene rings is 1. The molecule has 0 aliphatic carbocycles. The zero-order valence-corrected chi connectivity index (χ0v) is 18.7. The first-order chi connectivity index (χ1) is 16.1. The summed E-state index contributed by atoms with van der Waals surface area (Å²) in [4.78, 5) is 29.4. The van der Waals surface area contributed by atoms with Crippen LogP contribution in [0.25, 0.3) is 27.9 Å². The van der Waals surface area contributed by atoms with Crippen LogP contribution >= 0.6 is 0 Å². The minimum atomic E-state index is -0.554. The van der Waals surface area contributed by atoms with E-state index in [1.165, 1.54) is 24.9 Å². The van der Waals surface area contributed by atoms with Gasteiger partial charge in [0.05, 0.1) is 35.1 Å². The Hall–Kier alpha value is -3.39. The third-order valence-electron chi connectivity index (χ3n) is 7.04. The molecule has 2 aliphatic rings. The normalized spacial score (nSPS) is 21.4. The summed E-state index contributed by atoms with van der Waals surface area (Å²) >= 11 is 0. The second kappa shape index (κ2) is 7.88. The molecule has 0 bridgehead atoms. The largest absolute Gasteiger partial charge is 0.391 e. The van der Waals surface area contributed by atoms with Crippen LogP contribution in [-0.4, -0.2) is 61.0 Å². The third-order valence-corrected chi connectivity index (χ3v) is 7.04. The molecule has 8 nitrogen and oxygen atoms in total. The molecule has 1 amide bonds. The van der Waals surface area contributed by atoms with Crippen molar-refractivity contribution in [2.75, 3.05) is 24.5 Å². The molecule has 0 unspecified atom stereocenters. The summed E-state index contributed by atoms with van der Waals surface area (Å²) in [6.45, 7) is 4.10. The van der Waals surface area contributed by atoms with Gasteiger partial charge in [-0.25, -0.2) is 9.97 Å². The van der Waals surface area contributed by atoms with E-state index >= 15 is 0 Å². The fourth-order valence-corrected chi connectivity index (χ4v) is 5.41. The zero-order chi connectivity index (χ0) is 22.5. The monoisotopic (exact) mass is 444 g/mol. The van der Waals surface area contributed by atoms with Crippen molar-refractivity contribution in [1.29, 1.82) is 0 Å². The Bertz CT molecular complexity index is 1320. The van der Waals surface area contributed by atoms with Crippen molar-refractivity contribution in [3.05, 3.63) is 48.5 Å². The van der Waals surface area contributed by atoms with E-state index in [-0.39, 0.29) is 11.9 Å². The fourth-order valence-electron chi connectivity index (χ4n) is 5.41. The lowest BCUT2D eigenvalue weighted by Gasteiger charge is -2.28. The number of carbonyl (C=O) groups is 1. The maximum atomic E-state index is 12.3. The average molecular weight is 445 g/mol. The molecular weight excluding hydrogens is 416 g/mol. The molecule has 3 aromatic heterocycles. The van der Waals surface area contributed by atoms with Gasteiger partial charge in [0, 0.05) is 50.4 Å². The van der Waals surface area contributed by atoms with Crippen LogP contribution in [0.1, 0.15) is 44.5 Å². The van der Waals surface area contributed by atoms with Gasteiger partial charge in [-0.3, -0.25) is 9.20 Å². The molecule has 0 radical (unpaired) electrons. The highest BCUT2D eigenvalue weighted by Crippen LogP contribution is 2.37. The Morgan fingerprint density at radius 3 is 2.64 bits per heavy atom. The molecule has 4 aromatic rings. The first-order valence-electron chi connectivity index (χ1n) is 11.8. The predicted octanol–water partition coefficient (Wildman–Crippen LogP) is 3.52. The summed E-state index contributed by atoms with van der Waals surface area (Å²) in [5.74, 6) is 0.707. The van der Waals surface area contributed by atoms with Crippen LogP contribution in [0, 0.1) is 0 Å². The molecule has 2 fully saturated rings. The van der Waals surface area contributed by atoms with Gasteiger partial charge in [0.1, 0.15) is 5.82 Å². The van der Waals surface area contributed by atoms with Crippen molar-refractivity contribution in [1.82, 2.24) is 24.3 Å². The Balaban J connectivity index is 1.48. The number of nitrogens with one attached hydrogen (secondary N) is 1. The molecule has 170 valence electrons. The number of imidazole rings is 1. The fraction of sp³-hybridized carbons (Fsp3) is 0.400. The van der Waals surface area contributed by atoms with E-state index in [1.54, 1.807) is 11.8 Å². The molecule has 2 N–H and O–H groups in total. The summed E-state index contributed by atoms with van der Waals surface area (Å²) in [6, 6.07) is 10.3. The summed E-state index contributed by atoms with van der Waals surface area (Å²) in [7, 11) is 0. The number of anilines is 1. The first-order valence-corrected chi connectivity index (χ1v) is 11.8. The van der Waals surface area contributed by atoms with Gasteiger partial charge in [-0.2, -0.15) is 0 Å². The molecule has 1 aromatic carbocycles. The number of nitrogens with zero attached hydrogens (tertiary/aromatic N) is 5. The quantitative estimate of drug-likeness (QED) is 0.505. The number of carbonyl (C=O) groups excluding carboxylic acids is 1. The lowest BCUT2D eigenvalue weighted by atomic mass is 10.1. The third kappa shape index (κ3) is 3.36. The van der Waals surface area contributed by atoms with Crippen molar-refractivity contribution in [2.45, 2.75) is 44.8 Å². The Labute approximate surface area is 191 Å². The molecule has 6 rings (SSSR count). The number of aliphatic hydroxyl groups excluding tert-OH is 1. The lowest BCUT2D eigenvalue weighted by Crippen LogP contribution is -2.30. The number of hydrogen-bond donors (Lipinski definition) is 2. The molecule has 33 heavy (non-hydrogen) atoms. The van der Waals surface area contributed by atoms with E-state index in [9.17, 15) is 9.90 Å². The first kappa shape index (κ1) is 20.2. The van der Waals surface area contributed by atoms with E-state index in [4.69, 9.17) is 4.98 Å². The summed E-state index contributed by atoms with van der Waals surface area (Å²) in [6.07, 6.45) is 7.42. The molecule has 0 saturated carbocycles. The van der Waals surface area contributed by atoms with Crippen LogP contribution in [0.2, 0.25) is 0 Å². The number of aliphatic hydroxyl groups is 1. The topological polar surface area (TPSA) is 89.8 Å². The van der Waals surface area contributed by atoms with E-state index < -0.39 is 6.10 Å². The number of fused-ring (bicyclic) bond motifs is 3. The standard InChI is InChI=1S/C25H28N6O2/c1-16(32)30-15-19(33)13-21(30)25-28-23(22-14-27-24-20(31(22)25)9-10-26-24)17-5-7-18(8-6-17)29-11-3-2-4-12-29/h5-10,14,19,21,26,33H,2-4,11-13,15H2,1H3/t19-,21-/m1/s1. The second-order valence-electron chi connectivity index (χ2n) is 9.18. The van der Waals surface area contributed by atoms with Crippen molar-refractivity contribution in [3.8, 4) is 11.3 Å². The molecule has 2 atom stereocenters. The molecule has 8 heteroatoms. The SMILES string of the molecule is CC(=O)N1C[C@H](O)C[C@@H]1c1nc(-c2ccc(N3CCCCC3)cc2)c2cnc3[nH]ccc3n12. The van der Waals surface area contributed by atoms with E-state index in [1.807, 2.05) is 18.5 Å². The van der Waals surface area contributed by atoms with Gasteiger partial charge < -0.3 is 19.9 Å². The number of β-amino-alcohol motifs (C(OH)–C–C–N with tert-alkyl or cyclic N) is 1. The smallest absolute Gasteiger partial charge is 0.220 e. The van der Waals surface area contributed by atoms with Gasteiger partial charge in [-0.15, -0.1) is 0 Å². The molecular formula is C25H28N6O2. The van der Waals surface area contributed by atoms with Gasteiger partial charge in [-0.1, -0.05) is 12.1 Å². The number of aromatic amines is 1. The summed E-state index contributed by atoms with van der Waals surface area (Å²) < 4.78 is 2.09. The Morgan fingerprint density at radius 1 is 1.09 bits per heavy atom. The second-order valence-corrected chi connectivity index (χ2v) is 9.18. The minimum Gasteiger partial charge on any atom is -0.391 e. The van der Waals surface area contributed by atoms with Crippen molar-refractivity contribution >= 4 is 28.3 Å². The van der Waals surface area contributed by atoms with E-state index in [0.717, 1.165) is 46.9 Å². The number of rotatable bonds is 3. The summed E-state index contributed by atoms with van der Waals surface area (Å²) in [5, 5.41) is 10.3. The minimum absolute atomic E-state index is 0.0555. The van der Waals surface area contributed by atoms with E-state index in [2.05, 4.69) is 43.5 Å². The number of aromatic nitrogens is 4. The van der Waals surface area contributed by atoms with Crippen molar-refractivity contribution in [3.63, 3.8) is 0 Å². The summed E-state index contributed by atoms with van der Waals surface area (Å²) in [5.41, 5.74) is 5.68. The van der Waals surface area contributed by atoms with Crippen LogP contribution in [-0.2, 0) is 4.79 Å². The van der Waals surface area contributed by atoms with Gasteiger partial charge in [0.15, 0.2) is 5.65 Å². The van der Waals surface area contributed by atoms with Crippen molar-refractivity contribution in [2.24, 2.45) is 0 Å². The van der Waals surface area contributed by atoms with Crippen LogP contribution in [0.4, 0.5) is 5.69 Å². The number of hydrogen-bond acceptors (Lipinski definition) is 5.